The van der Waals surface area contributed by atoms with Gasteiger partial charge in [-0.3, -0.25) is 0 Å². The molecule has 0 aliphatic heterocycles. The summed E-state index contributed by atoms with van der Waals surface area (Å²) >= 11 is 0. The topological polar surface area (TPSA) is 20.2 Å². The third-order valence-electron chi connectivity index (χ3n) is 2.61. The van der Waals surface area contributed by atoms with Gasteiger partial charge in [-0.25, -0.2) is 8.78 Å². The van der Waals surface area contributed by atoms with Crippen LogP contribution in [0, 0.1) is 11.6 Å². The van der Waals surface area contributed by atoms with Crippen LogP contribution >= 0.6 is 0 Å². The summed E-state index contributed by atoms with van der Waals surface area (Å²) in [7, 11) is 0. The summed E-state index contributed by atoms with van der Waals surface area (Å²) in [5, 5.41) is 9.90. The Balaban J connectivity index is 2.18. The van der Waals surface area contributed by atoms with Crippen LogP contribution in [-0.2, 0) is 6.42 Å². The maximum atomic E-state index is 13.4. The number of aliphatic hydroxyl groups is 1. The van der Waals surface area contributed by atoms with Crippen LogP contribution in [0.3, 0.4) is 0 Å². The van der Waals surface area contributed by atoms with Crippen molar-refractivity contribution in [3.63, 3.8) is 0 Å². The van der Waals surface area contributed by atoms with Gasteiger partial charge in [-0.1, -0.05) is 30.3 Å². The zero-order valence-corrected chi connectivity index (χ0v) is 9.11. The highest BCUT2D eigenvalue weighted by atomic mass is 19.1. The Morgan fingerprint density at radius 1 is 1.00 bits per heavy atom. The molecule has 17 heavy (non-hydrogen) atoms. The van der Waals surface area contributed by atoms with Crippen molar-refractivity contribution in [2.75, 3.05) is 0 Å². The van der Waals surface area contributed by atoms with Crippen LogP contribution in [0.1, 0.15) is 17.2 Å². The van der Waals surface area contributed by atoms with Crippen molar-refractivity contribution >= 4 is 0 Å². The summed E-state index contributed by atoms with van der Waals surface area (Å²) in [6.45, 7) is 0. The Morgan fingerprint density at radius 2 is 1.71 bits per heavy atom. The Kier molecular flexibility index (Phi) is 3.49. The zero-order valence-electron chi connectivity index (χ0n) is 9.11. The molecule has 0 aliphatic rings. The molecule has 88 valence electrons. The highest BCUT2D eigenvalue weighted by molar-refractivity contribution is 5.23. The second kappa shape index (κ2) is 5.06. The predicted octanol–water partition coefficient (Wildman–Crippen LogP) is 3.24. The smallest absolute Gasteiger partial charge is 0.126 e. The van der Waals surface area contributed by atoms with Crippen LogP contribution in [0.2, 0.25) is 0 Å². The van der Waals surface area contributed by atoms with E-state index >= 15 is 0 Å². The SMILES string of the molecule is OC(Cc1cc(F)ccc1F)c1ccccc1. The summed E-state index contributed by atoms with van der Waals surface area (Å²) < 4.78 is 26.3. The molecule has 0 spiro atoms. The number of hydrogen-bond donors (Lipinski definition) is 1. The molecular weight excluding hydrogens is 222 g/mol. The third kappa shape index (κ3) is 2.88. The van der Waals surface area contributed by atoms with Gasteiger partial charge in [0, 0.05) is 6.42 Å². The minimum absolute atomic E-state index is 0.0631. The summed E-state index contributed by atoms with van der Waals surface area (Å²) in [5.41, 5.74) is 0.873. The fourth-order valence-electron chi connectivity index (χ4n) is 1.70. The number of aliphatic hydroxyl groups excluding tert-OH is 1. The van der Waals surface area contributed by atoms with Gasteiger partial charge in [-0.2, -0.15) is 0 Å². The van der Waals surface area contributed by atoms with Crippen LogP contribution in [0.4, 0.5) is 8.78 Å². The van der Waals surface area contributed by atoms with Gasteiger partial charge in [0.1, 0.15) is 11.6 Å². The van der Waals surface area contributed by atoms with Crippen molar-refractivity contribution in [2.45, 2.75) is 12.5 Å². The van der Waals surface area contributed by atoms with E-state index in [-0.39, 0.29) is 12.0 Å². The van der Waals surface area contributed by atoms with Crippen molar-refractivity contribution in [1.82, 2.24) is 0 Å². The maximum Gasteiger partial charge on any atom is 0.126 e. The minimum Gasteiger partial charge on any atom is -0.388 e. The van der Waals surface area contributed by atoms with Gasteiger partial charge >= 0.3 is 0 Å². The standard InChI is InChI=1S/C14H12F2O/c15-12-6-7-13(16)11(8-12)9-14(17)10-4-2-1-3-5-10/h1-8,14,17H,9H2. The van der Waals surface area contributed by atoms with E-state index in [9.17, 15) is 13.9 Å². The second-order valence-electron chi connectivity index (χ2n) is 3.87. The summed E-state index contributed by atoms with van der Waals surface area (Å²) in [4.78, 5) is 0. The molecule has 2 rings (SSSR count). The van der Waals surface area contributed by atoms with Crippen LogP contribution in [0.5, 0.6) is 0 Å². The molecule has 0 aromatic heterocycles. The third-order valence-corrected chi connectivity index (χ3v) is 2.61. The molecule has 0 saturated carbocycles. The van der Waals surface area contributed by atoms with E-state index in [0.717, 1.165) is 18.2 Å². The number of hydrogen-bond acceptors (Lipinski definition) is 1. The van der Waals surface area contributed by atoms with Crippen molar-refractivity contribution in [2.24, 2.45) is 0 Å². The molecule has 3 heteroatoms. The molecule has 0 aliphatic carbocycles. The average Bonchev–Trinajstić information content (AvgIpc) is 2.35. The largest absolute Gasteiger partial charge is 0.388 e. The molecule has 2 aromatic rings. The van der Waals surface area contributed by atoms with E-state index in [4.69, 9.17) is 0 Å². The van der Waals surface area contributed by atoms with Gasteiger partial charge in [0.15, 0.2) is 0 Å². The van der Waals surface area contributed by atoms with E-state index in [1.54, 1.807) is 24.3 Å². The maximum absolute atomic E-state index is 13.4. The highest BCUT2D eigenvalue weighted by Gasteiger charge is 2.11. The molecule has 0 bridgehead atoms. The van der Waals surface area contributed by atoms with E-state index in [1.807, 2.05) is 6.07 Å². The van der Waals surface area contributed by atoms with Crippen LogP contribution in [-0.4, -0.2) is 5.11 Å². The molecule has 1 nitrogen and oxygen atoms in total. The number of rotatable bonds is 3. The Hall–Kier alpha value is -1.74. The second-order valence-corrected chi connectivity index (χ2v) is 3.87. The lowest BCUT2D eigenvalue weighted by molar-refractivity contribution is 0.177. The summed E-state index contributed by atoms with van der Waals surface area (Å²) in [6, 6.07) is 12.2. The van der Waals surface area contributed by atoms with Gasteiger partial charge in [0.2, 0.25) is 0 Å². The molecule has 1 N–H and O–H groups in total. The lowest BCUT2D eigenvalue weighted by Gasteiger charge is -2.11. The van der Waals surface area contributed by atoms with Crippen LogP contribution < -0.4 is 0 Å². The van der Waals surface area contributed by atoms with Gasteiger partial charge in [0.05, 0.1) is 6.10 Å². The fraction of sp³-hybridized carbons (Fsp3) is 0.143. The van der Waals surface area contributed by atoms with Gasteiger partial charge in [-0.15, -0.1) is 0 Å². The average molecular weight is 234 g/mol. The normalized spacial score (nSPS) is 12.4. The minimum atomic E-state index is -0.826. The molecule has 0 fully saturated rings. The first kappa shape index (κ1) is 11.7. The van der Waals surface area contributed by atoms with Crippen molar-refractivity contribution in [3.8, 4) is 0 Å². The van der Waals surface area contributed by atoms with Gasteiger partial charge in [0.25, 0.3) is 0 Å². The number of halogens is 2. The molecular formula is C14H12F2O. The lowest BCUT2D eigenvalue weighted by atomic mass is 10.0. The van der Waals surface area contributed by atoms with Crippen molar-refractivity contribution < 1.29 is 13.9 Å². The molecule has 1 atom stereocenters. The number of benzene rings is 2. The molecule has 1 unspecified atom stereocenters. The monoisotopic (exact) mass is 234 g/mol. The first-order valence-electron chi connectivity index (χ1n) is 5.34. The molecule has 0 saturated heterocycles. The molecule has 0 amide bonds. The first-order valence-corrected chi connectivity index (χ1v) is 5.34. The Morgan fingerprint density at radius 3 is 2.41 bits per heavy atom. The fourth-order valence-corrected chi connectivity index (χ4v) is 1.70. The molecule has 2 aromatic carbocycles. The Bertz CT molecular complexity index is 497. The first-order chi connectivity index (χ1) is 8.16. The lowest BCUT2D eigenvalue weighted by Crippen LogP contribution is -2.03. The van der Waals surface area contributed by atoms with E-state index in [0.29, 0.717) is 5.56 Å². The van der Waals surface area contributed by atoms with Gasteiger partial charge in [-0.05, 0) is 29.3 Å². The molecule has 0 radical (unpaired) electrons. The van der Waals surface area contributed by atoms with E-state index < -0.39 is 17.7 Å². The summed E-state index contributed by atoms with van der Waals surface area (Å²) in [5.74, 6) is -0.997. The van der Waals surface area contributed by atoms with E-state index in [2.05, 4.69) is 0 Å². The zero-order chi connectivity index (χ0) is 12.3. The quantitative estimate of drug-likeness (QED) is 0.864. The summed E-state index contributed by atoms with van der Waals surface area (Å²) in [6.07, 6.45) is -0.763. The van der Waals surface area contributed by atoms with E-state index in [1.165, 1.54) is 0 Å². The Labute approximate surface area is 98.3 Å². The van der Waals surface area contributed by atoms with Crippen LogP contribution in [0.15, 0.2) is 48.5 Å². The molecule has 0 heterocycles. The highest BCUT2D eigenvalue weighted by Crippen LogP contribution is 2.20. The van der Waals surface area contributed by atoms with Crippen molar-refractivity contribution in [1.29, 1.82) is 0 Å². The predicted molar refractivity (Wildman–Crippen MR) is 61.5 cm³/mol. The van der Waals surface area contributed by atoms with Crippen molar-refractivity contribution in [3.05, 3.63) is 71.3 Å². The van der Waals surface area contributed by atoms with Crippen LogP contribution in [0.25, 0.3) is 0 Å². The van der Waals surface area contributed by atoms with Gasteiger partial charge < -0.3 is 5.11 Å².